The minimum absolute atomic E-state index is 0.0501. The molecule has 26 heavy (non-hydrogen) atoms. The van der Waals surface area contributed by atoms with Crippen molar-refractivity contribution >= 4 is 21.4 Å². The average Bonchev–Trinajstić information content (AvgIpc) is 3.23. The Bertz CT molecular complexity index is 962. The number of thiophene rings is 1. The van der Waals surface area contributed by atoms with Gasteiger partial charge in [-0.05, 0) is 42.5 Å². The Kier molecular flexibility index (Phi) is 5.08. The molecule has 0 bridgehead atoms. The normalized spacial score (nSPS) is 12.3. The largest absolute Gasteiger partial charge is 0.573 e. The van der Waals surface area contributed by atoms with E-state index in [1.807, 2.05) is 5.38 Å². The van der Waals surface area contributed by atoms with E-state index in [1.54, 1.807) is 24.5 Å². The van der Waals surface area contributed by atoms with Crippen LogP contribution in [0.4, 0.5) is 13.2 Å². The first-order chi connectivity index (χ1) is 12.2. The summed E-state index contributed by atoms with van der Waals surface area (Å²) in [6.45, 7) is 0.0501. The topological polar surface area (TPSA) is 68.5 Å². The average molecular weight is 403 g/mol. The van der Waals surface area contributed by atoms with Crippen molar-refractivity contribution in [2.45, 2.75) is 17.8 Å². The number of sulfonamides is 1. The van der Waals surface area contributed by atoms with Gasteiger partial charge in [-0.15, -0.1) is 24.5 Å². The lowest BCUT2D eigenvalue weighted by Gasteiger charge is -2.10. The molecule has 10 heteroatoms. The molecule has 0 saturated heterocycles. The fraction of sp³-hybridized carbons (Fsp3) is 0.125. The van der Waals surface area contributed by atoms with Gasteiger partial charge in [0.1, 0.15) is 11.5 Å². The van der Waals surface area contributed by atoms with E-state index in [-0.39, 0.29) is 11.4 Å². The zero-order valence-corrected chi connectivity index (χ0v) is 14.6. The summed E-state index contributed by atoms with van der Waals surface area (Å²) in [5, 5.41) is 1.84. The van der Waals surface area contributed by atoms with E-state index in [2.05, 4.69) is 9.46 Å². The fourth-order valence-corrected chi connectivity index (χ4v) is 4.03. The summed E-state index contributed by atoms with van der Waals surface area (Å²) >= 11 is 1.36. The highest BCUT2D eigenvalue weighted by Gasteiger charge is 2.31. The maximum absolute atomic E-state index is 12.2. The SMILES string of the molecule is O=S(=O)(NCc1cc(-c2ccco2)cs1)c1ccc(OC(F)(F)F)cc1. The van der Waals surface area contributed by atoms with E-state index >= 15 is 0 Å². The monoisotopic (exact) mass is 403 g/mol. The number of rotatable bonds is 6. The number of furan rings is 1. The third-order valence-corrected chi connectivity index (χ3v) is 5.62. The van der Waals surface area contributed by atoms with Crippen molar-refractivity contribution in [1.82, 2.24) is 4.72 Å². The van der Waals surface area contributed by atoms with Crippen molar-refractivity contribution in [2.24, 2.45) is 0 Å². The third-order valence-electron chi connectivity index (χ3n) is 3.26. The lowest BCUT2D eigenvalue weighted by Crippen LogP contribution is -2.23. The van der Waals surface area contributed by atoms with Gasteiger partial charge in [0.05, 0.1) is 11.2 Å². The predicted molar refractivity (Wildman–Crippen MR) is 89.2 cm³/mol. The quantitative estimate of drug-likeness (QED) is 0.663. The molecule has 1 aromatic carbocycles. The van der Waals surface area contributed by atoms with E-state index < -0.39 is 22.1 Å². The molecule has 0 aliphatic rings. The molecule has 5 nitrogen and oxygen atoms in total. The van der Waals surface area contributed by atoms with E-state index in [0.29, 0.717) is 5.76 Å². The van der Waals surface area contributed by atoms with E-state index in [1.165, 1.54) is 11.3 Å². The van der Waals surface area contributed by atoms with Crippen molar-refractivity contribution in [3.8, 4) is 17.1 Å². The Morgan fingerprint density at radius 2 is 1.88 bits per heavy atom. The number of nitrogens with one attached hydrogen (secondary N) is 1. The number of alkyl halides is 3. The van der Waals surface area contributed by atoms with Gasteiger partial charge in [-0.3, -0.25) is 0 Å². The lowest BCUT2D eigenvalue weighted by atomic mass is 10.2. The highest BCUT2D eigenvalue weighted by atomic mass is 32.2. The molecule has 138 valence electrons. The summed E-state index contributed by atoms with van der Waals surface area (Å²) in [6.07, 6.45) is -3.29. The smallest absolute Gasteiger partial charge is 0.464 e. The number of hydrogen-bond donors (Lipinski definition) is 1. The van der Waals surface area contributed by atoms with Crippen LogP contribution in [-0.4, -0.2) is 14.8 Å². The molecule has 2 aromatic heterocycles. The van der Waals surface area contributed by atoms with Crippen LogP contribution >= 0.6 is 11.3 Å². The molecule has 0 aliphatic heterocycles. The van der Waals surface area contributed by atoms with E-state index in [0.717, 1.165) is 34.7 Å². The van der Waals surface area contributed by atoms with Crippen LogP contribution in [0.15, 0.2) is 63.4 Å². The molecule has 0 atom stereocenters. The number of ether oxygens (including phenoxy) is 1. The van der Waals surface area contributed by atoms with E-state index in [9.17, 15) is 21.6 Å². The van der Waals surface area contributed by atoms with Crippen LogP contribution in [0, 0.1) is 0 Å². The highest BCUT2D eigenvalue weighted by molar-refractivity contribution is 7.89. The van der Waals surface area contributed by atoms with E-state index in [4.69, 9.17) is 4.42 Å². The maximum atomic E-state index is 12.2. The second kappa shape index (κ2) is 7.14. The molecule has 0 fully saturated rings. The summed E-state index contributed by atoms with van der Waals surface area (Å²) in [6, 6.07) is 9.33. The molecule has 0 amide bonds. The highest BCUT2D eigenvalue weighted by Crippen LogP contribution is 2.27. The molecule has 0 spiro atoms. The van der Waals surface area contributed by atoms with Crippen LogP contribution < -0.4 is 9.46 Å². The van der Waals surface area contributed by atoms with Gasteiger partial charge in [0.25, 0.3) is 0 Å². The van der Waals surface area contributed by atoms with Gasteiger partial charge < -0.3 is 9.15 Å². The summed E-state index contributed by atoms with van der Waals surface area (Å²) in [5.41, 5.74) is 0.836. The number of halogens is 3. The minimum Gasteiger partial charge on any atom is -0.464 e. The molecule has 0 unspecified atom stereocenters. The van der Waals surface area contributed by atoms with Crippen LogP contribution in [0.1, 0.15) is 4.88 Å². The molecule has 0 saturated carbocycles. The van der Waals surface area contributed by atoms with Crippen molar-refractivity contribution in [3.63, 3.8) is 0 Å². The Morgan fingerprint density at radius 3 is 2.50 bits per heavy atom. The molecular formula is C16H12F3NO4S2. The standard InChI is InChI=1S/C16H12F3NO4S2/c17-16(18,19)24-12-3-5-14(6-4-12)26(21,22)20-9-13-8-11(10-25-13)15-2-1-7-23-15/h1-8,10,20H,9H2. The minimum atomic E-state index is -4.83. The van der Waals surface area contributed by atoms with Gasteiger partial charge in [-0.25, -0.2) is 13.1 Å². The molecule has 0 radical (unpaired) electrons. The van der Waals surface area contributed by atoms with Crippen molar-refractivity contribution in [2.75, 3.05) is 0 Å². The van der Waals surface area contributed by atoms with Crippen LogP contribution in [0.25, 0.3) is 11.3 Å². The third kappa shape index (κ3) is 4.65. The molecular weight excluding hydrogens is 391 g/mol. The number of benzene rings is 1. The van der Waals surface area contributed by atoms with Gasteiger partial charge in [-0.2, -0.15) is 0 Å². The Balaban J connectivity index is 1.65. The first-order valence-corrected chi connectivity index (χ1v) is 9.56. The second-order valence-electron chi connectivity index (χ2n) is 5.12. The Labute approximate surface area is 151 Å². The molecule has 0 aliphatic carbocycles. The Morgan fingerprint density at radius 1 is 1.15 bits per heavy atom. The predicted octanol–water partition coefficient (Wildman–Crippen LogP) is 4.39. The van der Waals surface area contributed by atoms with Gasteiger partial charge in [0, 0.05) is 22.4 Å². The summed E-state index contributed by atoms with van der Waals surface area (Å²) < 4.78 is 72.3. The fourth-order valence-electron chi connectivity index (χ4n) is 2.12. The summed E-state index contributed by atoms with van der Waals surface area (Å²) in [5.74, 6) is 0.188. The van der Waals surface area contributed by atoms with Crippen molar-refractivity contribution in [1.29, 1.82) is 0 Å². The first-order valence-electron chi connectivity index (χ1n) is 7.20. The van der Waals surface area contributed by atoms with Crippen LogP contribution in [0.2, 0.25) is 0 Å². The number of hydrogen-bond acceptors (Lipinski definition) is 5. The molecule has 1 N–H and O–H groups in total. The lowest BCUT2D eigenvalue weighted by molar-refractivity contribution is -0.274. The van der Waals surface area contributed by atoms with Gasteiger partial charge in [-0.1, -0.05) is 0 Å². The van der Waals surface area contributed by atoms with Crippen LogP contribution in [-0.2, 0) is 16.6 Å². The van der Waals surface area contributed by atoms with Crippen molar-refractivity contribution < 1.29 is 30.7 Å². The van der Waals surface area contributed by atoms with Gasteiger partial charge in [0.15, 0.2) is 0 Å². The first kappa shape index (κ1) is 18.5. The molecule has 2 heterocycles. The van der Waals surface area contributed by atoms with Gasteiger partial charge >= 0.3 is 6.36 Å². The van der Waals surface area contributed by atoms with Crippen molar-refractivity contribution in [3.05, 3.63) is 59.0 Å². The van der Waals surface area contributed by atoms with Gasteiger partial charge in [0.2, 0.25) is 10.0 Å². The van der Waals surface area contributed by atoms with Crippen LogP contribution in [0.5, 0.6) is 5.75 Å². The Hall–Kier alpha value is -2.30. The maximum Gasteiger partial charge on any atom is 0.573 e. The summed E-state index contributed by atoms with van der Waals surface area (Å²) in [4.78, 5) is 0.604. The zero-order chi connectivity index (χ0) is 18.8. The molecule has 3 aromatic rings. The summed E-state index contributed by atoms with van der Waals surface area (Å²) in [7, 11) is -3.87. The zero-order valence-electron chi connectivity index (χ0n) is 13.0. The van der Waals surface area contributed by atoms with Crippen LogP contribution in [0.3, 0.4) is 0 Å². The second-order valence-corrected chi connectivity index (χ2v) is 7.89. The molecule has 3 rings (SSSR count).